The largest absolute Gasteiger partial charge is 0.427 e. The lowest BCUT2D eigenvalue weighted by Crippen LogP contribution is -1.90. The number of nitrogens with zero attached hydrogens (tertiary/aromatic N) is 3. The Labute approximate surface area is 72.2 Å². The Morgan fingerprint density at radius 2 is 2.31 bits per heavy atom. The number of non-ortho nitro benzene ring substituents is 1. The van der Waals surface area contributed by atoms with Gasteiger partial charge in [-0.3, -0.25) is 10.1 Å². The molecule has 1 heterocycles. The summed E-state index contributed by atoms with van der Waals surface area (Å²) in [5.41, 5.74) is 0.783. The molecule has 2 aromatic rings. The summed E-state index contributed by atoms with van der Waals surface area (Å²) >= 11 is 0. The molecular weight excluding hydrogens is 174 g/mol. The van der Waals surface area contributed by atoms with Crippen molar-refractivity contribution in [2.24, 2.45) is 0 Å². The van der Waals surface area contributed by atoms with Crippen LogP contribution in [0.2, 0.25) is 0 Å². The number of nitro benzene ring substituents is 1. The van der Waals surface area contributed by atoms with E-state index in [4.69, 9.17) is 5.21 Å². The number of hydrogen-bond acceptors (Lipinski definition) is 4. The van der Waals surface area contributed by atoms with Gasteiger partial charge in [0.2, 0.25) is 0 Å². The highest BCUT2D eigenvalue weighted by Crippen LogP contribution is 2.18. The molecule has 0 radical (unpaired) electrons. The zero-order chi connectivity index (χ0) is 9.42. The van der Waals surface area contributed by atoms with Gasteiger partial charge in [-0.05, 0) is 6.07 Å². The second-order valence-electron chi connectivity index (χ2n) is 2.52. The number of benzene rings is 1. The van der Waals surface area contributed by atoms with Crippen molar-refractivity contribution in [3.8, 4) is 0 Å². The molecule has 1 aromatic carbocycles. The van der Waals surface area contributed by atoms with Crippen LogP contribution in [0.4, 0.5) is 5.69 Å². The van der Waals surface area contributed by atoms with E-state index in [-0.39, 0.29) is 5.69 Å². The molecule has 13 heavy (non-hydrogen) atoms. The van der Waals surface area contributed by atoms with Crippen molar-refractivity contribution in [2.45, 2.75) is 0 Å². The van der Waals surface area contributed by atoms with Crippen LogP contribution in [0.1, 0.15) is 0 Å². The molecule has 0 aliphatic carbocycles. The molecule has 0 aliphatic heterocycles. The van der Waals surface area contributed by atoms with Gasteiger partial charge in [-0.2, -0.15) is 4.73 Å². The molecule has 0 saturated carbocycles. The number of hydrogen-bond donors (Lipinski definition) is 1. The molecule has 0 bridgehead atoms. The third kappa shape index (κ3) is 1.08. The fourth-order valence-electron chi connectivity index (χ4n) is 1.10. The summed E-state index contributed by atoms with van der Waals surface area (Å²) in [7, 11) is 0. The van der Waals surface area contributed by atoms with Crippen molar-refractivity contribution < 1.29 is 10.1 Å². The minimum atomic E-state index is -0.521. The van der Waals surface area contributed by atoms with Crippen LogP contribution < -0.4 is 0 Å². The Balaban J connectivity index is 2.72. The highest BCUT2D eigenvalue weighted by Gasteiger charge is 2.09. The fourth-order valence-corrected chi connectivity index (χ4v) is 1.10. The lowest BCUT2D eigenvalue weighted by atomic mass is 10.3. The van der Waals surface area contributed by atoms with E-state index in [2.05, 4.69) is 4.98 Å². The molecule has 0 atom stereocenters. The van der Waals surface area contributed by atoms with Gasteiger partial charge in [0.25, 0.3) is 5.69 Å². The average molecular weight is 179 g/mol. The molecule has 0 spiro atoms. The van der Waals surface area contributed by atoms with E-state index in [1.165, 1.54) is 24.5 Å². The zero-order valence-corrected chi connectivity index (χ0v) is 6.41. The van der Waals surface area contributed by atoms with E-state index < -0.39 is 4.92 Å². The minimum Gasteiger partial charge on any atom is -0.427 e. The van der Waals surface area contributed by atoms with Crippen LogP contribution in [0, 0.1) is 10.1 Å². The van der Waals surface area contributed by atoms with Crippen LogP contribution in [0.3, 0.4) is 0 Å². The van der Waals surface area contributed by atoms with Gasteiger partial charge in [-0.15, -0.1) is 0 Å². The van der Waals surface area contributed by atoms with Crippen molar-refractivity contribution in [1.29, 1.82) is 0 Å². The molecule has 1 aromatic heterocycles. The predicted molar refractivity (Wildman–Crippen MR) is 43.6 cm³/mol. The van der Waals surface area contributed by atoms with Crippen LogP contribution in [-0.2, 0) is 0 Å². The molecule has 0 amide bonds. The van der Waals surface area contributed by atoms with E-state index in [1.54, 1.807) is 0 Å². The van der Waals surface area contributed by atoms with Gasteiger partial charge in [0, 0.05) is 12.1 Å². The average Bonchev–Trinajstić information content (AvgIpc) is 2.47. The second kappa shape index (κ2) is 2.44. The highest BCUT2D eigenvalue weighted by molar-refractivity contribution is 5.77. The summed E-state index contributed by atoms with van der Waals surface area (Å²) < 4.78 is 0.752. The molecule has 6 nitrogen and oxygen atoms in total. The van der Waals surface area contributed by atoms with Crippen LogP contribution in [0.15, 0.2) is 24.5 Å². The molecule has 0 aliphatic rings. The topological polar surface area (TPSA) is 81.2 Å². The molecule has 0 saturated heterocycles. The van der Waals surface area contributed by atoms with Crippen molar-refractivity contribution in [2.75, 3.05) is 0 Å². The van der Waals surface area contributed by atoms with Gasteiger partial charge < -0.3 is 5.21 Å². The van der Waals surface area contributed by atoms with Crippen LogP contribution >= 0.6 is 0 Å². The van der Waals surface area contributed by atoms with Gasteiger partial charge in [0.05, 0.1) is 10.4 Å². The standard InChI is InChI=1S/C7H5N3O3/c11-9-4-8-6-2-1-5(10(12)13)3-7(6)9/h1-4,11H. The van der Waals surface area contributed by atoms with Crippen molar-refractivity contribution in [1.82, 2.24) is 9.71 Å². The number of fused-ring (bicyclic) bond motifs is 1. The molecule has 0 fully saturated rings. The Hall–Kier alpha value is -2.11. The van der Waals surface area contributed by atoms with Gasteiger partial charge in [0.15, 0.2) is 0 Å². The molecule has 6 heteroatoms. The van der Waals surface area contributed by atoms with Crippen molar-refractivity contribution >= 4 is 16.7 Å². The Kier molecular flexibility index (Phi) is 1.42. The lowest BCUT2D eigenvalue weighted by molar-refractivity contribution is -0.384. The third-order valence-electron chi connectivity index (χ3n) is 1.72. The summed E-state index contributed by atoms with van der Waals surface area (Å²) in [6, 6.07) is 4.10. The van der Waals surface area contributed by atoms with E-state index in [9.17, 15) is 10.1 Å². The summed E-state index contributed by atoms with van der Waals surface area (Å²) in [6.07, 6.45) is 1.19. The summed E-state index contributed by atoms with van der Waals surface area (Å²) in [6.45, 7) is 0. The maximum absolute atomic E-state index is 10.4. The maximum Gasteiger partial charge on any atom is 0.271 e. The van der Waals surface area contributed by atoms with E-state index in [0.29, 0.717) is 11.0 Å². The quantitative estimate of drug-likeness (QED) is 0.405. The number of imidazole rings is 1. The zero-order valence-electron chi connectivity index (χ0n) is 6.41. The van der Waals surface area contributed by atoms with Gasteiger partial charge in [-0.25, -0.2) is 4.98 Å². The molecule has 0 unspecified atom stereocenters. The first kappa shape index (κ1) is 7.53. The van der Waals surface area contributed by atoms with E-state index >= 15 is 0 Å². The molecule has 2 rings (SSSR count). The molecule has 1 N–H and O–H groups in total. The highest BCUT2D eigenvalue weighted by atomic mass is 16.6. The normalized spacial score (nSPS) is 10.5. The maximum atomic E-state index is 10.4. The first-order chi connectivity index (χ1) is 6.18. The second-order valence-corrected chi connectivity index (χ2v) is 2.52. The number of nitro groups is 1. The fraction of sp³-hybridized carbons (Fsp3) is 0. The predicted octanol–water partition coefficient (Wildman–Crippen LogP) is 1.18. The Bertz CT molecular complexity index is 477. The third-order valence-corrected chi connectivity index (χ3v) is 1.72. The smallest absolute Gasteiger partial charge is 0.271 e. The van der Waals surface area contributed by atoms with Crippen LogP contribution in [-0.4, -0.2) is 19.8 Å². The Morgan fingerprint density at radius 3 is 3.00 bits per heavy atom. The van der Waals surface area contributed by atoms with E-state index in [1.807, 2.05) is 0 Å². The molecular formula is C7H5N3O3. The van der Waals surface area contributed by atoms with Crippen LogP contribution in [0.5, 0.6) is 0 Å². The first-order valence-corrected chi connectivity index (χ1v) is 3.49. The number of rotatable bonds is 1. The van der Waals surface area contributed by atoms with E-state index in [0.717, 1.165) is 4.73 Å². The monoisotopic (exact) mass is 179 g/mol. The summed E-state index contributed by atoms with van der Waals surface area (Å²) in [4.78, 5) is 13.7. The lowest BCUT2D eigenvalue weighted by Gasteiger charge is -1.92. The van der Waals surface area contributed by atoms with Crippen molar-refractivity contribution in [3.05, 3.63) is 34.6 Å². The van der Waals surface area contributed by atoms with Crippen LogP contribution in [0.25, 0.3) is 11.0 Å². The van der Waals surface area contributed by atoms with Gasteiger partial charge >= 0.3 is 0 Å². The SMILES string of the molecule is O=[N+]([O-])c1ccc2ncn(O)c2c1. The Morgan fingerprint density at radius 1 is 1.54 bits per heavy atom. The minimum absolute atomic E-state index is 0.0664. The van der Waals surface area contributed by atoms with Gasteiger partial charge in [0.1, 0.15) is 11.8 Å². The summed E-state index contributed by atoms with van der Waals surface area (Å²) in [5.74, 6) is 0. The summed E-state index contributed by atoms with van der Waals surface area (Å²) in [5, 5.41) is 19.5. The first-order valence-electron chi connectivity index (χ1n) is 3.49. The number of aromatic nitrogens is 2. The van der Waals surface area contributed by atoms with Crippen molar-refractivity contribution in [3.63, 3.8) is 0 Å². The van der Waals surface area contributed by atoms with Gasteiger partial charge in [-0.1, -0.05) is 0 Å². The molecule has 66 valence electrons.